The van der Waals surface area contributed by atoms with Crippen LogP contribution in [0.3, 0.4) is 0 Å². The highest BCUT2D eigenvalue weighted by atomic mass is 32.2. The van der Waals surface area contributed by atoms with E-state index in [2.05, 4.69) is 11.4 Å². The third-order valence-electron chi connectivity index (χ3n) is 2.64. The van der Waals surface area contributed by atoms with Crippen molar-refractivity contribution in [2.75, 3.05) is 26.0 Å². The lowest BCUT2D eigenvalue weighted by atomic mass is 10.3. The van der Waals surface area contributed by atoms with Crippen molar-refractivity contribution in [3.8, 4) is 17.6 Å². The minimum Gasteiger partial charge on any atom is -0.490 e. The summed E-state index contributed by atoms with van der Waals surface area (Å²) in [5, 5.41) is 11.8. The molecule has 1 aliphatic heterocycles. The second-order valence-electron chi connectivity index (χ2n) is 3.94. The molecule has 2 rings (SSSR count). The molecule has 0 amide bonds. The van der Waals surface area contributed by atoms with E-state index in [4.69, 9.17) is 14.7 Å². The zero-order chi connectivity index (χ0) is 12.8. The van der Waals surface area contributed by atoms with Crippen LogP contribution in [-0.4, -0.2) is 32.1 Å². The third-order valence-corrected chi connectivity index (χ3v) is 3.73. The summed E-state index contributed by atoms with van der Waals surface area (Å²) in [5.41, 5.74) is 0. The Kier molecular flexibility index (Phi) is 4.73. The molecule has 1 aromatic rings. The molecule has 5 heteroatoms. The van der Waals surface area contributed by atoms with Crippen LogP contribution in [-0.2, 0) is 0 Å². The maximum absolute atomic E-state index is 8.86. The molecule has 1 aliphatic rings. The maximum atomic E-state index is 8.86. The van der Waals surface area contributed by atoms with E-state index in [1.165, 1.54) is 0 Å². The average Bonchev–Trinajstić information content (AvgIpc) is 2.64. The second-order valence-corrected chi connectivity index (χ2v) is 5.03. The van der Waals surface area contributed by atoms with Crippen molar-refractivity contribution >= 4 is 11.8 Å². The van der Waals surface area contributed by atoms with E-state index in [1.807, 2.05) is 18.2 Å². The number of hydrogen-bond acceptors (Lipinski definition) is 5. The summed E-state index contributed by atoms with van der Waals surface area (Å²) in [7, 11) is 1.79. The normalized spacial score (nSPS) is 15.6. The Labute approximate surface area is 111 Å². The fourth-order valence-electron chi connectivity index (χ4n) is 1.60. The van der Waals surface area contributed by atoms with Gasteiger partial charge in [0.15, 0.2) is 11.5 Å². The smallest absolute Gasteiger partial charge is 0.162 e. The Balaban J connectivity index is 2.02. The van der Waals surface area contributed by atoms with Crippen molar-refractivity contribution in [3.05, 3.63) is 18.2 Å². The Morgan fingerprint density at radius 3 is 2.89 bits per heavy atom. The van der Waals surface area contributed by atoms with Crippen LogP contribution in [0, 0.1) is 11.3 Å². The zero-order valence-electron chi connectivity index (χ0n) is 10.3. The molecule has 0 saturated heterocycles. The number of hydrogen-bond donors (Lipinski definition) is 1. The Morgan fingerprint density at radius 2 is 2.17 bits per heavy atom. The van der Waals surface area contributed by atoms with Gasteiger partial charge in [0, 0.05) is 17.1 Å². The van der Waals surface area contributed by atoms with E-state index >= 15 is 0 Å². The first-order valence-electron chi connectivity index (χ1n) is 5.93. The molecule has 0 aliphatic carbocycles. The molecule has 0 fully saturated rings. The molecule has 0 radical (unpaired) electrons. The summed E-state index contributed by atoms with van der Waals surface area (Å²) >= 11 is 1.64. The fraction of sp³-hybridized carbons (Fsp3) is 0.462. The SMILES string of the molecule is CNC(C#N)CSc1ccc2c(c1)OCCCO2. The summed E-state index contributed by atoms with van der Waals surface area (Å²) in [5.74, 6) is 2.32. The van der Waals surface area contributed by atoms with Crippen molar-refractivity contribution in [2.45, 2.75) is 17.4 Å². The second kappa shape index (κ2) is 6.53. The summed E-state index contributed by atoms with van der Waals surface area (Å²) < 4.78 is 11.2. The lowest BCUT2D eigenvalue weighted by Gasteiger charge is -2.10. The van der Waals surface area contributed by atoms with Crippen LogP contribution < -0.4 is 14.8 Å². The Morgan fingerprint density at radius 1 is 1.39 bits per heavy atom. The number of nitrogens with one attached hydrogen (secondary N) is 1. The summed E-state index contributed by atoms with van der Waals surface area (Å²) in [6.45, 7) is 1.40. The van der Waals surface area contributed by atoms with Crippen LogP contribution in [0.15, 0.2) is 23.1 Å². The lowest BCUT2D eigenvalue weighted by molar-refractivity contribution is 0.297. The number of nitriles is 1. The first-order valence-corrected chi connectivity index (χ1v) is 6.91. The quantitative estimate of drug-likeness (QED) is 0.844. The first kappa shape index (κ1) is 13.1. The van der Waals surface area contributed by atoms with E-state index in [1.54, 1.807) is 18.8 Å². The molecule has 1 heterocycles. The summed E-state index contributed by atoms with van der Waals surface area (Å²) in [4.78, 5) is 1.09. The van der Waals surface area contributed by atoms with E-state index in [0.717, 1.165) is 22.8 Å². The van der Waals surface area contributed by atoms with Crippen LogP contribution in [0.25, 0.3) is 0 Å². The number of rotatable bonds is 4. The number of ether oxygens (including phenoxy) is 2. The Hall–Kier alpha value is -1.38. The molecule has 1 aromatic carbocycles. The van der Waals surface area contributed by atoms with Gasteiger partial charge in [0.2, 0.25) is 0 Å². The topological polar surface area (TPSA) is 54.3 Å². The van der Waals surface area contributed by atoms with Crippen LogP contribution in [0.1, 0.15) is 6.42 Å². The zero-order valence-corrected chi connectivity index (χ0v) is 11.1. The van der Waals surface area contributed by atoms with Gasteiger partial charge in [0.1, 0.15) is 6.04 Å². The van der Waals surface area contributed by atoms with Gasteiger partial charge in [-0.15, -0.1) is 11.8 Å². The van der Waals surface area contributed by atoms with Gasteiger partial charge in [0.25, 0.3) is 0 Å². The Bertz CT molecular complexity index is 445. The molecule has 1 N–H and O–H groups in total. The highest BCUT2D eigenvalue weighted by molar-refractivity contribution is 7.99. The van der Waals surface area contributed by atoms with Gasteiger partial charge in [0.05, 0.1) is 19.3 Å². The van der Waals surface area contributed by atoms with Gasteiger partial charge in [-0.05, 0) is 25.2 Å². The van der Waals surface area contributed by atoms with Crippen LogP contribution >= 0.6 is 11.8 Å². The van der Waals surface area contributed by atoms with E-state index in [9.17, 15) is 0 Å². The van der Waals surface area contributed by atoms with Gasteiger partial charge in [-0.1, -0.05) is 0 Å². The van der Waals surface area contributed by atoms with Crippen LogP contribution in [0.5, 0.6) is 11.5 Å². The van der Waals surface area contributed by atoms with Gasteiger partial charge in [-0.3, -0.25) is 0 Å². The van der Waals surface area contributed by atoms with E-state index < -0.39 is 0 Å². The lowest BCUT2D eigenvalue weighted by Crippen LogP contribution is -2.25. The molecule has 0 spiro atoms. The standard InChI is InChI=1S/C13H16N2O2S/c1-15-10(8-14)9-18-11-3-4-12-13(7-11)17-6-2-5-16-12/h3-4,7,10,15H,2,5-6,9H2,1H3. The number of fused-ring (bicyclic) bond motifs is 1. The largest absolute Gasteiger partial charge is 0.490 e. The monoisotopic (exact) mass is 264 g/mol. The molecule has 1 atom stereocenters. The number of benzene rings is 1. The van der Waals surface area contributed by atoms with Crippen molar-refractivity contribution in [1.29, 1.82) is 5.26 Å². The molecule has 96 valence electrons. The molecule has 0 saturated carbocycles. The van der Waals surface area contributed by atoms with E-state index in [0.29, 0.717) is 19.0 Å². The number of nitrogens with zero attached hydrogens (tertiary/aromatic N) is 1. The molecule has 0 bridgehead atoms. The maximum Gasteiger partial charge on any atom is 0.162 e. The van der Waals surface area contributed by atoms with Gasteiger partial charge in [-0.2, -0.15) is 5.26 Å². The first-order chi connectivity index (χ1) is 8.83. The predicted octanol–water partition coefficient (Wildman–Crippen LogP) is 2.05. The molecular weight excluding hydrogens is 248 g/mol. The van der Waals surface area contributed by atoms with Crippen molar-refractivity contribution in [3.63, 3.8) is 0 Å². The highest BCUT2D eigenvalue weighted by Crippen LogP contribution is 2.33. The highest BCUT2D eigenvalue weighted by Gasteiger charge is 2.11. The van der Waals surface area contributed by atoms with Crippen molar-refractivity contribution in [2.24, 2.45) is 0 Å². The molecule has 4 nitrogen and oxygen atoms in total. The average molecular weight is 264 g/mol. The van der Waals surface area contributed by atoms with Gasteiger partial charge in [-0.25, -0.2) is 0 Å². The molecule has 18 heavy (non-hydrogen) atoms. The van der Waals surface area contributed by atoms with Crippen molar-refractivity contribution in [1.82, 2.24) is 5.32 Å². The summed E-state index contributed by atoms with van der Waals surface area (Å²) in [6.07, 6.45) is 0.910. The molecule has 0 aromatic heterocycles. The molecular formula is C13H16N2O2S. The van der Waals surface area contributed by atoms with E-state index in [-0.39, 0.29) is 6.04 Å². The molecule has 1 unspecified atom stereocenters. The number of thioether (sulfide) groups is 1. The minimum absolute atomic E-state index is 0.133. The summed E-state index contributed by atoms with van der Waals surface area (Å²) in [6, 6.07) is 7.99. The minimum atomic E-state index is -0.133. The van der Waals surface area contributed by atoms with Crippen molar-refractivity contribution < 1.29 is 9.47 Å². The van der Waals surface area contributed by atoms with Gasteiger partial charge >= 0.3 is 0 Å². The predicted molar refractivity (Wildman–Crippen MR) is 71.2 cm³/mol. The van der Waals surface area contributed by atoms with Crippen LogP contribution in [0.4, 0.5) is 0 Å². The van der Waals surface area contributed by atoms with Crippen LogP contribution in [0.2, 0.25) is 0 Å². The van der Waals surface area contributed by atoms with Gasteiger partial charge < -0.3 is 14.8 Å². The third kappa shape index (κ3) is 3.31. The fourth-order valence-corrected chi connectivity index (χ4v) is 2.55.